The number of rotatable bonds is 3. The number of aryl methyl sites for hydroxylation is 2. The smallest absolute Gasteiger partial charge is 0.122 e. The van der Waals surface area contributed by atoms with Crippen molar-refractivity contribution in [1.29, 1.82) is 0 Å². The highest BCUT2D eigenvalue weighted by molar-refractivity contribution is 7.09. The van der Waals surface area contributed by atoms with Crippen LogP contribution in [0.25, 0.3) is 0 Å². The molecular weight excluding hydrogens is 210 g/mol. The van der Waals surface area contributed by atoms with Crippen LogP contribution in [0, 0.1) is 6.92 Å². The summed E-state index contributed by atoms with van der Waals surface area (Å²) in [5.74, 6) is 0. The molecule has 0 radical (unpaired) electrons. The standard InChI is InChI=1S/C10H13N3OS/c1-7-6-15-10(12-7)9(14)3-8-4-11-13(2)5-8/h4-6,9,14H,3H2,1-2H3. The van der Waals surface area contributed by atoms with Gasteiger partial charge in [0.15, 0.2) is 0 Å². The average Bonchev–Trinajstić information content (AvgIpc) is 2.75. The van der Waals surface area contributed by atoms with Gasteiger partial charge in [0.1, 0.15) is 11.1 Å². The Labute approximate surface area is 92.2 Å². The van der Waals surface area contributed by atoms with Crippen LogP contribution in [-0.4, -0.2) is 19.9 Å². The molecule has 1 N–H and O–H groups in total. The lowest BCUT2D eigenvalue weighted by atomic mass is 10.2. The third-order valence-corrected chi connectivity index (χ3v) is 3.17. The maximum atomic E-state index is 9.91. The lowest BCUT2D eigenvalue weighted by Gasteiger charge is -2.04. The summed E-state index contributed by atoms with van der Waals surface area (Å²) >= 11 is 1.50. The van der Waals surface area contributed by atoms with Gasteiger partial charge in [-0.05, 0) is 12.5 Å². The van der Waals surface area contributed by atoms with Crippen LogP contribution in [0.1, 0.15) is 22.4 Å². The number of thiazole rings is 1. The highest BCUT2D eigenvalue weighted by atomic mass is 32.1. The van der Waals surface area contributed by atoms with E-state index in [2.05, 4.69) is 10.1 Å². The molecule has 0 saturated carbocycles. The minimum Gasteiger partial charge on any atom is -0.386 e. The van der Waals surface area contributed by atoms with Gasteiger partial charge in [-0.15, -0.1) is 11.3 Å². The Kier molecular flexibility index (Phi) is 2.83. The molecule has 0 amide bonds. The first kappa shape index (κ1) is 10.3. The zero-order chi connectivity index (χ0) is 10.8. The summed E-state index contributed by atoms with van der Waals surface area (Å²) in [6.07, 6.45) is 3.72. The topological polar surface area (TPSA) is 50.9 Å². The van der Waals surface area contributed by atoms with Crippen LogP contribution in [-0.2, 0) is 13.5 Å². The monoisotopic (exact) mass is 223 g/mol. The summed E-state index contributed by atoms with van der Waals surface area (Å²) in [5, 5.41) is 16.7. The van der Waals surface area contributed by atoms with Gasteiger partial charge in [-0.1, -0.05) is 0 Å². The number of aliphatic hydroxyl groups is 1. The molecule has 2 heterocycles. The van der Waals surface area contributed by atoms with Crippen LogP contribution < -0.4 is 0 Å². The molecular formula is C10H13N3OS. The molecule has 1 atom stereocenters. The molecule has 0 saturated heterocycles. The maximum Gasteiger partial charge on any atom is 0.122 e. The minimum absolute atomic E-state index is 0.520. The lowest BCUT2D eigenvalue weighted by Crippen LogP contribution is -2.00. The largest absolute Gasteiger partial charge is 0.386 e. The Balaban J connectivity index is 2.06. The minimum atomic E-state index is -0.520. The van der Waals surface area contributed by atoms with Gasteiger partial charge in [0, 0.05) is 30.7 Å². The van der Waals surface area contributed by atoms with E-state index in [0.717, 1.165) is 16.3 Å². The molecule has 0 fully saturated rings. The summed E-state index contributed by atoms with van der Waals surface area (Å²) in [5.41, 5.74) is 1.98. The molecule has 4 nitrogen and oxygen atoms in total. The van der Waals surface area contributed by atoms with Crippen molar-refractivity contribution in [3.8, 4) is 0 Å². The van der Waals surface area contributed by atoms with Gasteiger partial charge in [0.2, 0.25) is 0 Å². The van der Waals surface area contributed by atoms with E-state index in [4.69, 9.17) is 0 Å². The highest BCUT2D eigenvalue weighted by Gasteiger charge is 2.12. The SMILES string of the molecule is Cc1csc(C(O)Cc2cnn(C)c2)n1. The summed E-state index contributed by atoms with van der Waals surface area (Å²) in [6, 6.07) is 0. The van der Waals surface area contributed by atoms with E-state index in [-0.39, 0.29) is 0 Å². The maximum absolute atomic E-state index is 9.91. The molecule has 2 aromatic rings. The second-order valence-corrected chi connectivity index (χ2v) is 4.46. The van der Waals surface area contributed by atoms with Crippen LogP contribution in [0.4, 0.5) is 0 Å². The van der Waals surface area contributed by atoms with Crippen LogP contribution in [0.15, 0.2) is 17.8 Å². The van der Waals surface area contributed by atoms with Gasteiger partial charge >= 0.3 is 0 Å². The fraction of sp³-hybridized carbons (Fsp3) is 0.400. The first-order valence-electron chi connectivity index (χ1n) is 4.73. The van der Waals surface area contributed by atoms with Gasteiger partial charge in [0.25, 0.3) is 0 Å². The van der Waals surface area contributed by atoms with Crippen LogP contribution in [0.3, 0.4) is 0 Å². The highest BCUT2D eigenvalue weighted by Crippen LogP contribution is 2.21. The fourth-order valence-corrected chi connectivity index (χ4v) is 2.19. The van der Waals surface area contributed by atoms with Crippen LogP contribution in [0.2, 0.25) is 0 Å². The molecule has 0 spiro atoms. The van der Waals surface area contributed by atoms with Gasteiger partial charge < -0.3 is 5.11 Å². The molecule has 15 heavy (non-hydrogen) atoms. The first-order chi connectivity index (χ1) is 7.15. The predicted molar refractivity (Wildman–Crippen MR) is 58.7 cm³/mol. The number of aromatic nitrogens is 3. The Morgan fingerprint density at radius 3 is 2.93 bits per heavy atom. The van der Waals surface area contributed by atoms with Crippen molar-refractivity contribution in [1.82, 2.24) is 14.8 Å². The van der Waals surface area contributed by atoms with E-state index in [0.29, 0.717) is 6.42 Å². The Hall–Kier alpha value is -1.20. The predicted octanol–water partition coefficient (Wildman–Crippen LogP) is 1.46. The zero-order valence-corrected chi connectivity index (χ0v) is 9.53. The van der Waals surface area contributed by atoms with Crippen LogP contribution in [0.5, 0.6) is 0 Å². The van der Waals surface area contributed by atoms with E-state index < -0.39 is 6.10 Å². The molecule has 5 heteroatoms. The molecule has 0 aliphatic carbocycles. The van der Waals surface area contributed by atoms with Crippen molar-refractivity contribution in [2.75, 3.05) is 0 Å². The Morgan fingerprint density at radius 1 is 1.60 bits per heavy atom. The fourth-order valence-electron chi connectivity index (χ4n) is 1.41. The number of hydrogen-bond donors (Lipinski definition) is 1. The average molecular weight is 223 g/mol. The number of aliphatic hydroxyl groups excluding tert-OH is 1. The van der Waals surface area contributed by atoms with Gasteiger partial charge in [-0.3, -0.25) is 4.68 Å². The second kappa shape index (κ2) is 4.12. The summed E-state index contributed by atoms with van der Waals surface area (Å²) in [7, 11) is 1.86. The Bertz CT molecular complexity index is 449. The molecule has 1 unspecified atom stereocenters. The van der Waals surface area contributed by atoms with E-state index in [1.807, 2.05) is 25.5 Å². The molecule has 0 aliphatic heterocycles. The summed E-state index contributed by atoms with van der Waals surface area (Å²) < 4.78 is 1.73. The van der Waals surface area contributed by atoms with Gasteiger partial charge in [-0.25, -0.2) is 4.98 Å². The van der Waals surface area contributed by atoms with E-state index in [1.54, 1.807) is 10.9 Å². The van der Waals surface area contributed by atoms with Crippen molar-refractivity contribution in [3.63, 3.8) is 0 Å². The first-order valence-corrected chi connectivity index (χ1v) is 5.61. The van der Waals surface area contributed by atoms with Crippen molar-refractivity contribution >= 4 is 11.3 Å². The summed E-state index contributed by atoms with van der Waals surface area (Å²) in [4.78, 5) is 4.25. The van der Waals surface area contributed by atoms with Crippen molar-refractivity contribution in [2.45, 2.75) is 19.4 Å². The van der Waals surface area contributed by atoms with Crippen molar-refractivity contribution < 1.29 is 5.11 Å². The third kappa shape index (κ3) is 2.43. The van der Waals surface area contributed by atoms with Crippen molar-refractivity contribution in [2.24, 2.45) is 7.05 Å². The molecule has 0 aromatic carbocycles. The van der Waals surface area contributed by atoms with E-state index in [9.17, 15) is 5.11 Å². The second-order valence-electron chi connectivity index (χ2n) is 3.57. The van der Waals surface area contributed by atoms with Gasteiger partial charge in [-0.2, -0.15) is 5.10 Å². The quantitative estimate of drug-likeness (QED) is 0.857. The Morgan fingerprint density at radius 2 is 2.40 bits per heavy atom. The number of hydrogen-bond acceptors (Lipinski definition) is 4. The number of nitrogens with zero attached hydrogens (tertiary/aromatic N) is 3. The van der Waals surface area contributed by atoms with E-state index in [1.165, 1.54) is 11.3 Å². The molecule has 2 aromatic heterocycles. The summed E-state index contributed by atoms with van der Waals surface area (Å²) in [6.45, 7) is 1.93. The lowest BCUT2D eigenvalue weighted by molar-refractivity contribution is 0.178. The van der Waals surface area contributed by atoms with Crippen molar-refractivity contribution in [3.05, 3.63) is 34.0 Å². The molecule has 0 aliphatic rings. The third-order valence-electron chi connectivity index (χ3n) is 2.11. The molecule has 80 valence electrons. The van der Waals surface area contributed by atoms with Gasteiger partial charge in [0.05, 0.1) is 6.20 Å². The normalized spacial score (nSPS) is 13.0. The van der Waals surface area contributed by atoms with E-state index >= 15 is 0 Å². The molecule has 2 rings (SSSR count). The molecule has 0 bridgehead atoms. The van der Waals surface area contributed by atoms with Crippen LogP contribution >= 0.6 is 11.3 Å². The zero-order valence-electron chi connectivity index (χ0n) is 8.71.